The molecule has 2 atom stereocenters. The third kappa shape index (κ3) is 37.6. The molecule has 0 aliphatic rings. The molecule has 0 bridgehead atoms. The normalized spacial score (nSPS) is 13.6. The lowest BCUT2D eigenvalue weighted by Gasteiger charge is -2.21. The van der Waals surface area contributed by atoms with Crippen LogP contribution in [-0.2, 0) is 14.9 Å². The van der Waals surface area contributed by atoms with Crippen LogP contribution in [0.25, 0.3) is 0 Å². The highest BCUT2D eigenvalue weighted by molar-refractivity contribution is 7.85. The van der Waals surface area contributed by atoms with Crippen LogP contribution in [0.15, 0.2) is 36.5 Å². The quantitative estimate of drug-likeness (QED) is 0.0338. The first-order valence-electron chi connectivity index (χ1n) is 20.7. The fourth-order valence-corrected chi connectivity index (χ4v) is 6.92. The molecule has 0 aromatic heterocycles. The van der Waals surface area contributed by atoms with E-state index in [0.717, 1.165) is 38.5 Å². The highest BCUT2D eigenvalue weighted by Crippen LogP contribution is 2.15. The number of carbonyl (C=O) groups is 1. The van der Waals surface area contributed by atoms with Crippen LogP contribution < -0.4 is 5.32 Å². The van der Waals surface area contributed by atoms with E-state index in [1.165, 1.54) is 147 Å². The van der Waals surface area contributed by atoms with Gasteiger partial charge in [-0.25, -0.2) is 0 Å². The van der Waals surface area contributed by atoms with Gasteiger partial charge in [0.1, 0.15) is 0 Å². The van der Waals surface area contributed by atoms with Crippen LogP contribution in [0.5, 0.6) is 0 Å². The Balaban J connectivity index is 3.98. The molecular weight excluding hydrogens is 631 g/mol. The van der Waals surface area contributed by atoms with Crippen LogP contribution in [0.3, 0.4) is 0 Å². The summed E-state index contributed by atoms with van der Waals surface area (Å²) in [6.07, 6.45) is 47.0. The lowest BCUT2D eigenvalue weighted by Crippen LogP contribution is -2.46. The standard InChI is InChI=1S/C42H79NO5S/c1-3-5-7-9-11-13-15-17-19-21-22-23-25-27-29-31-33-35-37-41(44)40(39-49(46,47)48)43-42(45)38-36-34-32-30-28-26-24-20-18-16-14-12-10-8-6-4-2/h21-22,27,29,35,37,40-41,44H,3-20,23-26,28,30-34,36,38-39H2,1-2H3,(H,43,45)(H,46,47,48)/b22-21+,29-27+,37-35+. The average Bonchev–Trinajstić information content (AvgIpc) is 3.06. The first-order valence-corrected chi connectivity index (χ1v) is 22.3. The van der Waals surface area contributed by atoms with E-state index >= 15 is 0 Å². The Labute approximate surface area is 304 Å². The number of hydrogen-bond acceptors (Lipinski definition) is 4. The summed E-state index contributed by atoms with van der Waals surface area (Å²) in [4.78, 5) is 12.5. The molecule has 7 heteroatoms. The molecule has 0 rings (SSSR count). The molecule has 6 nitrogen and oxygen atoms in total. The van der Waals surface area contributed by atoms with Crippen molar-refractivity contribution in [3.63, 3.8) is 0 Å². The lowest BCUT2D eigenvalue weighted by molar-refractivity contribution is -0.122. The average molecular weight is 710 g/mol. The number of hydrogen-bond donors (Lipinski definition) is 3. The molecule has 0 fully saturated rings. The van der Waals surface area contributed by atoms with E-state index < -0.39 is 28.0 Å². The Hall–Kier alpha value is -1.44. The minimum absolute atomic E-state index is 0.288. The molecule has 0 saturated heterocycles. The molecule has 1 amide bonds. The van der Waals surface area contributed by atoms with Crippen molar-refractivity contribution in [1.82, 2.24) is 5.32 Å². The van der Waals surface area contributed by atoms with Crippen LogP contribution in [0.4, 0.5) is 0 Å². The Bertz CT molecular complexity index is 914. The molecule has 0 aromatic rings. The Morgan fingerprint density at radius 2 is 0.878 bits per heavy atom. The van der Waals surface area contributed by atoms with E-state index in [2.05, 4.69) is 43.5 Å². The minimum atomic E-state index is -4.35. The summed E-state index contributed by atoms with van der Waals surface area (Å²) in [7, 11) is -4.35. The first kappa shape index (κ1) is 47.6. The van der Waals surface area contributed by atoms with Gasteiger partial charge in [0.15, 0.2) is 0 Å². The smallest absolute Gasteiger partial charge is 0.267 e. The predicted molar refractivity (Wildman–Crippen MR) is 212 cm³/mol. The summed E-state index contributed by atoms with van der Waals surface area (Å²) in [5.41, 5.74) is 0. The maximum absolute atomic E-state index is 12.5. The SMILES string of the molecule is CCCCCCCCCC/C=C/CC/C=C/CC/C=C/C(O)C(CS(=O)(=O)O)NC(=O)CCCCCCCCCCCCCCCCCC. The molecule has 288 valence electrons. The highest BCUT2D eigenvalue weighted by atomic mass is 32.2. The van der Waals surface area contributed by atoms with Crippen LogP contribution in [0.2, 0.25) is 0 Å². The van der Waals surface area contributed by atoms with Gasteiger partial charge in [0.05, 0.1) is 17.9 Å². The summed E-state index contributed by atoms with van der Waals surface area (Å²) >= 11 is 0. The van der Waals surface area contributed by atoms with Crippen molar-refractivity contribution in [3.8, 4) is 0 Å². The molecule has 0 saturated carbocycles. The molecule has 2 unspecified atom stereocenters. The van der Waals surface area contributed by atoms with E-state index in [1.807, 2.05) is 0 Å². The van der Waals surface area contributed by atoms with E-state index in [4.69, 9.17) is 0 Å². The molecule has 0 aromatic carbocycles. The summed E-state index contributed by atoms with van der Waals surface area (Å²) in [5, 5.41) is 13.2. The largest absolute Gasteiger partial charge is 0.387 e. The van der Waals surface area contributed by atoms with E-state index in [1.54, 1.807) is 6.08 Å². The fourth-order valence-electron chi connectivity index (χ4n) is 6.19. The maximum Gasteiger partial charge on any atom is 0.267 e. The highest BCUT2D eigenvalue weighted by Gasteiger charge is 2.24. The zero-order chi connectivity index (χ0) is 36.1. The summed E-state index contributed by atoms with van der Waals surface area (Å²) in [5.74, 6) is -1.00. The molecule has 0 aliphatic carbocycles. The molecule has 3 N–H and O–H groups in total. The van der Waals surface area contributed by atoms with Gasteiger partial charge in [-0.2, -0.15) is 8.42 Å². The van der Waals surface area contributed by atoms with Crippen LogP contribution >= 0.6 is 0 Å². The number of unbranched alkanes of at least 4 members (excludes halogenated alkanes) is 25. The van der Waals surface area contributed by atoms with Crippen molar-refractivity contribution >= 4 is 16.0 Å². The van der Waals surface area contributed by atoms with Crippen molar-refractivity contribution in [2.24, 2.45) is 0 Å². The molecule has 49 heavy (non-hydrogen) atoms. The second kappa shape index (κ2) is 36.4. The Morgan fingerprint density at radius 3 is 1.29 bits per heavy atom. The van der Waals surface area contributed by atoms with Gasteiger partial charge in [-0.1, -0.05) is 192 Å². The number of allylic oxidation sites excluding steroid dienone is 5. The third-order valence-corrected chi connectivity index (χ3v) is 10.1. The second-order valence-corrected chi connectivity index (χ2v) is 15.8. The van der Waals surface area contributed by atoms with E-state index in [0.29, 0.717) is 6.42 Å². The zero-order valence-corrected chi connectivity index (χ0v) is 32.9. The van der Waals surface area contributed by atoms with Gasteiger partial charge < -0.3 is 10.4 Å². The number of aliphatic hydroxyl groups is 1. The number of nitrogens with one attached hydrogen (secondary N) is 1. The Kier molecular flexibility index (Phi) is 35.3. The number of aliphatic hydroxyl groups excluding tert-OH is 1. The summed E-state index contributed by atoms with van der Waals surface area (Å²) < 4.78 is 32.5. The maximum atomic E-state index is 12.5. The van der Waals surface area contributed by atoms with Crippen molar-refractivity contribution in [2.75, 3.05) is 5.75 Å². The number of rotatable bonds is 37. The molecule has 0 aliphatic heterocycles. The molecule has 0 spiro atoms. The van der Waals surface area contributed by atoms with Crippen LogP contribution in [0, 0.1) is 0 Å². The van der Waals surface area contributed by atoms with Gasteiger partial charge in [0, 0.05) is 6.42 Å². The topological polar surface area (TPSA) is 104 Å². The fraction of sp³-hybridized carbons (Fsp3) is 0.833. The van der Waals surface area contributed by atoms with Crippen molar-refractivity contribution in [1.29, 1.82) is 0 Å². The summed E-state index contributed by atoms with van der Waals surface area (Å²) in [6.45, 7) is 4.52. The number of carbonyl (C=O) groups excluding carboxylic acids is 1. The summed E-state index contributed by atoms with van der Waals surface area (Å²) in [6, 6.07) is -1.08. The molecule has 0 heterocycles. The second-order valence-electron chi connectivity index (χ2n) is 14.3. The first-order chi connectivity index (χ1) is 23.8. The van der Waals surface area contributed by atoms with Gasteiger partial charge in [0.2, 0.25) is 5.91 Å². The third-order valence-electron chi connectivity index (χ3n) is 9.30. The predicted octanol–water partition coefficient (Wildman–Crippen LogP) is 12.1. The number of amides is 1. The monoisotopic (exact) mass is 710 g/mol. The van der Waals surface area contributed by atoms with Crippen LogP contribution in [-0.4, -0.2) is 41.9 Å². The van der Waals surface area contributed by atoms with E-state index in [9.17, 15) is 22.9 Å². The lowest BCUT2D eigenvalue weighted by atomic mass is 10.0. The van der Waals surface area contributed by atoms with E-state index in [-0.39, 0.29) is 12.3 Å². The van der Waals surface area contributed by atoms with Gasteiger partial charge >= 0.3 is 0 Å². The van der Waals surface area contributed by atoms with Gasteiger partial charge in [0.25, 0.3) is 10.1 Å². The Morgan fingerprint density at radius 1 is 0.531 bits per heavy atom. The van der Waals surface area contributed by atoms with Crippen LogP contribution in [0.1, 0.15) is 206 Å². The molecule has 0 radical (unpaired) electrons. The van der Waals surface area contributed by atoms with Gasteiger partial charge in [-0.05, 0) is 44.9 Å². The zero-order valence-electron chi connectivity index (χ0n) is 32.1. The van der Waals surface area contributed by atoms with Crippen molar-refractivity contribution in [2.45, 2.75) is 219 Å². The van der Waals surface area contributed by atoms with Crippen molar-refractivity contribution in [3.05, 3.63) is 36.5 Å². The molecular formula is C42H79NO5S. The van der Waals surface area contributed by atoms with Crippen molar-refractivity contribution < 1.29 is 22.9 Å². The van der Waals surface area contributed by atoms with Gasteiger partial charge in [-0.15, -0.1) is 0 Å². The van der Waals surface area contributed by atoms with Gasteiger partial charge in [-0.3, -0.25) is 9.35 Å². The minimum Gasteiger partial charge on any atom is -0.387 e.